The van der Waals surface area contributed by atoms with E-state index in [0.29, 0.717) is 0 Å². The molecule has 0 amide bonds. The van der Waals surface area contributed by atoms with Crippen LogP contribution in [0.15, 0.2) is 58.3 Å². The fourth-order valence-corrected chi connectivity index (χ4v) is 4.30. The molecule has 2 aliphatic rings. The Morgan fingerprint density at radius 2 is 0.742 bits per heavy atom. The van der Waals surface area contributed by atoms with Crippen molar-refractivity contribution in [2.24, 2.45) is 0 Å². The molecule has 4 rings (SSSR count). The van der Waals surface area contributed by atoms with Crippen LogP contribution in [0.4, 0.5) is 0 Å². The van der Waals surface area contributed by atoms with E-state index in [0.717, 1.165) is 10.9 Å². The standard InChI is InChI=1S/C24H32B2O4S/c1-21(2)22(3,4)28-25(27-21)17-9-13-19(14-10-17)31-20-15-11-18(12-16-20)26-29-23(5,6)24(7,8)30-26/h9-16H,1-8H3. The molecule has 0 unspecified atom stereocenters. The maximum atomic E-state index is 6.15. The molecule has 164 valence electrons. The Morgan fingerprint density at radius 1 is 0.484 bits per heavy atom. The second-order valence-electron chi connectivity index (χ2n) is 10.4. The van der Waals surface area contributed by atoms with Gasteiger partial charge in [-0.25, -0.2) is 0 Å². The molecule has 2 aromatic carbocycles. The molecule has 0 aliphatic carbocycles. The predicted molar refractivity (Wildman–Crippen MR) is 128 cm³/mol. The summed E-state index contributed by atoms with van der Waals surface area (Å²) in [6.45, 7) is 16.6. The molecule has 0 bridgehead atoms. The summed E-state index contributed by atoms with van der Waals surface area (Å²) in [4.78, 5) is 2.34. The molecular formula is C24H32B2O4S. The lowest BCUT2D eigenvalue weighted by molar-refractivity contribution is 0.00578. The zero-order chi connectivity index (χ0) is 22.7. The third-order valence-corrected chi connectivity index (χ3v) is 8.06. The van der Waals surface area contributed by atoms with Crippen LogP contribution in [0.1, 0.15) is 55.4 Å². The minimum atomic E-state index is -0.330. The molecule has 2 aliphatic heterocycles. The molecule has 2 aromatic rings. The van der Waals surface area contributed by atoms with Crippen LogP contribution in [0.2, 0.25) is 0 Å². The van der Waals surface area contributed by atoms with Gasteiger partial charge in [0.05, 0.1) is 22.4 Å². The van der Waals surface area contributed by atoms with Crippen molar-refractivity contribution in [3.05, 3.63) is 48.5 Å². The van der Waals surface area contributed by atoms with Gasteiger partial charge in [0.15, 0.2) is 0 Å². The van der Waals surface area contributed by atoms with Crippen molar-refractivity contribution < 1.29 is 18.6 Å². The summed E-state index contributed by atoms with van der Waals surface area (Å²) in [6, 6.07) is 16.8. The van der Waals surface area contributed by atoms with Gasteiger partial charge in [-0.2, -0.15) is 0 Å². The molecule has 31 heavy (non-hydrogen) atoms. The fraction of sp³-hybridized carbons (Fsp3) is 0.500. The Balaban J connectivity index is 1.40. The molecule has 2 saturated heterocycles. The predicted octanol–water partition coefficient (Wildman–Crippen LogP) is 4.44. The van der Waals surface area contributed by atoms with Crippen LogP contribution in [-0.4, -0.2) is 36.6 Å². The Labute approximate surface area is 191 Å². The fourth-order valence-electron chi connectivity index (χ4n) is 3.48. The highest BCUT2D eigenvalue weighted by Crippen LogP contribution is 2.38. The highest BCUT2D eigenvalue weighted by molar-refractivity contribution is 7.99. The van der Waals surface area contributed by atoms with Crippen LogP contribution in [0.5, 0.6) is 0 Å². The first-order valence-corrected chi connectivity index (χ1v) is 11.7. The Bertz CT molecular complexity index is 830. The van der Waals surface area contributed by atoms with Gasteiger partial charge >= 0.3 is 14.2 Å². The lowest BCUT2D eigenvalue weighted by Crippen LogP contribution is -2.41. The summed E-state index contributed by atoms with van der Waals surface area (Å²) >= 11 is 1.73. The molecule has 2 heterocycles. The van der Waals surface area contributed by atoms with E-state index >= 15 is 0 Å². The molecule has 0 aromatic heterocycles. The quantitative estimate of drug-likeness (QED) is 0.661. The molecule has 0 atom stereocenters. The molecule has 0 N–H and O–H groups in total. The van der Waals surface area contributed by atoms with Crippen LogP contribution < -0.4 is 10.9 Å². The topological polar surface area (TPSA) is 36.9 Å². The van der Waals surface area contributed by atoms with Gasteiger partial charge in [-0.05, 0) is 90.6 Å². The molecule has 2 fully saturated rings. The van der Waals surface area contributed by atoms with Crippen LogP contribution in [-0.2, 0) is 18.6 Å². The smallest absolute Gasteiger partial charge is 0.399 e. The SMILES string of the molecule is CC1(C)OB(c2ccc(Sc3ccc(B4OC(C)(C)C(C)(C)O4)cc3)cc2)OC1(C)C. The van der Waals surface area contributed by atoms with Crippen LogP contribution >= 0.6 is 11.8 Å². The van der Waals surface area contributed by atoms with E-state index in [4.69, 9.17) is 18.6 Å². The highest BCUT2D eigenvalue weighted by atomic mass is 32.2. The Hall–Kier alpha value is -1.24. The molecule has 7 heteroatoms. The molecule has 0 saturated carbocycles. The zero-order valence-corrected chi connectivity index (χ0v) is 20.6. The first-order valence-electron chi connectivity index (χ1n) is 10.9. The Morgan fingerprint density at radius 3 is 1.00 bits per heavy atom. The van der Waals surface area contributed by atoms with Crippen molar-refractivity contribution in [2.45, 2.75) is 87.6 Å². The van der Waals surface area contributed by atoms with Gasteiger partial charge in [-0.15, -0.1) is 0 Å². The summed E-state index contributed by atoms with van der Waals surface area (Å²) in [7, 11) is -0.661. The largest absolute Gasteiger partial charge is 0.494 e. The third-order valence-electron chi connectivity index (χ3n) is 7.05. The van der Waals surface area contributed by atoms with Crippen LogP contribution in [0.25, 0.3) is 0 Å². The first-order chi connectivity index (χ1) is 14.3. The zero-order valence-electron chi connectivity index (χ0n) is 19.8. The summed E-state index contributed by atoms with van der Waals surface area (Å²) in [6.07, 6.45) is 0. The van der Waals surface area contributed by atoms with Gasteiger partial charge in [0.1, 0.15) is 0 Å². The molecule has 4 nitrogen and oxygen atoms in total. The van der Waals surface area contributed by atoms with Crippen molar-refractivity contribution in [3.8, 4) is 0 Å². The summed E-state index contributed by atoms with van der Waals surface area (Å²) in [5.41, 5.74) is 0.764. The second kappa shape index (κ2) is 7.67. The van der Waals surface area contributed by atoms with E-state index in [1.807, 2.05) is 0 Å². The molecular weight excluding hydrogens is 406 g/mol. The number of rotatable bonds is 4. The highest BCUT2D eigenvalue weighted by Gasteiger charge is 2.52. The second-order valence-corrected chi connectivity index (χ2v) is 11.6. The van der Waals surface area contributed by atoms with E-state index in [2.05, 4.69) is 104 Å². The average Bonchev–Trinajstić information content (AvgIpc) is 3.02. The minimum absolute atomic E-state index is 0.329. The summed E-state index contributed by atoms with van der Waals surface area (Å²) < 4.78 is 24.6. The summed E-state index contributed by atoms with van der Waals surface area (Å²) in [5.74, 6) is 0. The number of hydrogen-bond donors (Lipinski definition) is 0. The van der Waals surface area contributed by atoms with E-state index in [1.54, 1.807) is 11.8 Å². The van der Waals surface area contributed by atoms with Crippen molar-refractivity contribution >= 4 is 36.9 Å². The van der Waals surface area contributed by atoms with E-state index in [1.165, 1.54) is 9.79 Å². The maximum Gasteiger partial charge on any atom is 0.494 e. The van der Waals surface area contributed by atoms with Crippen molar-refractivity contribution in [2.75, 3.05) is 0 Å². The molecule has 0 radical (unpaired) electrons. The number of benzene rings is 2. The van der Waals surface area contributed by atoms with Crippen molar-refractivity contribution in [1.29, 1.82) is 0 Å². The van der Waals surface area contributed by atoms with E-state index in [9.17, 15) is 0 Å². The van der Waals surface area contributed by atoms with E-state index < -0.39 is 0 Å². The van der Waals surface area contributed by atoms with Crippen molar-refractivity contribution in [3.63, 3.8) is 0 Å². The van der Waals surface area contributed by atoms with E-state index in [-0.39, 0.29) is 36.6 Å². The monoisotopic (exact) mass is 438 g/mol. The number of hydrogen-bond acceptors (Lipinski definition) is 5. The van der Waals surface area contributed by atoms with Gasteiger partial charge in [-0.3, -0.25) is 0 Å². The van der Waals surface area contributed by atoms with Gasteiger partial charge in [-0.1, -0.05) is 36.0 Å². The van der Waals surface area contributed by atoms with Gasteiger partial charge in [0.2, 0.25) is 0 Å². The normalized spacial score (nSPS) is 23.4. The minimum Gasteiger partial charge on any atom is -0.399 e. The lowest BCUT2D eigenvalue weighted by atomic mass is 9.79. The summed E-state index contributed by atoms with van der Waals surface area (Å²) in [5, 5.41) is 0. The van der Waals surface area contributed by atoms with Crippen LogP contribution in [0.3, 0.4) is 0 Å². The van der Waals surface area contributed by atoms with Gasteiger partial charge < -0.3 is 18.6 Å². The van der Waals surface area contributed by atoms with Gasteiger partial charge in [0.25, 0.3) is 0 Å². The molecule has 0 spiro atoms. The van der Waals surface area contributed by atoms with Crippen molar-refractivity contribution in [1.82, 2.24) is 0 Å². The average molecular weight is 438 g/mol. The van der Waals surface area contributed by atoms with Crippen LogP contribution in [0, 0.1) is 0 Å². The van der Waals surface area contributed by atoms with Gasteiger partial charge in [0, 0.05) is 9.79 Å². The Kier molecular flexibility index (Phi) is 5.67. The third kappa shape index (κ3) is 4.36. The lowest BCUT2D eigenvalue weighted by Gasteiger charge is -2.32. The first kappa shape index (κ1) is 22.9. The maximum absolute atomic E-state index is 6.15.